The van der Waals surface area contributed by atoms with Gasteiger partial charge < -0.3 is 0 Å². The molecule has 0 unspecified atom stereocenters. The summed E-state index contributed by atoms with van der Waals surface area (Å²) < 4.78 is 31.3. The third-order valence-corrected chi connectivity index (χ3v) is 29.3. The fourth-order valence-corrected chi connectivity index (χ4v) is 28.2. The van der Waals surface area contributed by atoms with Crippen LogP contribution in [0.25, 0.3) is 0 Å². The molecule has 0 aromatic heterocycles. The van der Waals surface area contributed by atoms with Gasteiger partial charge in [0, 0.05) is 0 Å². The predicted molar refractivity (Wildman–Crippen MR) is 69.9 cm³/mol. The summed E-state index contributed by atoms with van der Waals surface area (Å²) in [5.41, 5.74) is 0. The Bertz CT molecular complexity index is 238. The molecule has 0 aliphatic heterocycles. The first-order valence-electron chi connectivity index (χ1n) is 4.57. The van der Waals surface area contributed by atoms with Crippen molar-refractivity contribution in [1.29, 1.82) is 0 Å². The van der Waals surface area contributed by atoms with Gasteiger partial charge in [0.15, 0.2) is 0 Å². The first kappa shape index (κ1) is 19.2. The molecule has 0 aromatic rings. The van der Waals surface area contributed by atoms with E-state index in [0.717, 1.165) is 0 Å². The third kappa shape index (κ3) is 3.64. The Morgan fingerprint density at radius 1 is 0.778 bits per heavy atom. The van der Waals surface area contributed by atoms with Gasteiger partial charge in [0.25, 0.3) is 0 Å². The molecule has 0 aliphatic carbocycles. The topological polar surface area (TPSA) is 72.5 Å². The van der Waals surface area contributed by atoms with E-state index in [9.17, 15) is 4.79 Å². The molecule has 18 heavy (non-hydrogen) atoms. The van der Waals surface area contributed by atoms with Crippen LogP contribution in [0.5, 0.6) is 0 Å². The van der Waals surface area contributed by atoms with E-state index in [0.29, 0.717) is 0 Å². The fourth-order valence-electron chi connectivity index (χ4n) is 1.19. The summed E-state index contributed by atoms with van der Waals surface area (Å²) in [7, 11) is 8.40. The second-order valence-corrected chi connectivity index (χ2v) is 21.6. The number of halogens is 1. The zero-order chi connectivity index (χ0) is 14.4. The van der Waals surface area contributed by atoms with Gasteiger partial charge in [-0.1, -0.05) is 0 Å². The van der Waals surface area contributed by atoms with Gasteiger partial charge in [-0.3, -0.25) is 0 Å². The quantitative estimate of drug-likeness (QED) is 0.325. The van der Waals surface area contributed by atoms with Crippen LogP contribution in [0.3, 0.4) is 0 Å². The fraction of sp³-hybridized carbons (Fsp3) is 0.857. The van der Waals surface area contributed by atoms with Gasteiger partial charge in [0.2, 0.25) is 0 Å². The molecule has 0 radical (unpaired) electrons. The normalized spacial score (nSPS) is 15.4. The predicted octanol–water partition coefficient (Wildman–Crippen LogP) is 2.66. The summed E-state index contributed by atoms with van der Waals surface area (Å²) in [6.45, 7) is 0. The number of rotatable bonds is 9. The minimum absolute atomic E-state index is 0.616. The molecule has 0 heterocycles. The van der Waals surface area contributed by atoms with E-state index >= 15 is 0 Å². The van der Waals surface area contributed by atoms with Crippen LogP contribution in [0, 0.1) is 0 Å². The Morgan fingerprint density at radius 3 is 1.11 bits per heavy atom. The summed E-state index contributed by atoms with van der Waals surface area (Å²) in [6, 6.07) is 0. The van der Waals surface area contributed by atoms with Crippen molar-refractivity contribution in [1.82, 2.24) is 0 Å². The van der Waals surface area contributed by atoms with Crippen LogP contribution in [0.1, 0.15) is 0 Å². The molecule has 0 saturated carbocycles. The van der Waals surface area contributed by atoms with Crippen LogP contribution in [0.2, 0.25) is 0 Å². The van der Waals surface area contributed by atoms with E-state index in [4.69, 9.17) is 38.7 Å². The summed E-state index contributed by atoms with van der Waals surface area (Å²) in [4.78, 5) is 11.8. The second kappa shape index (κ2) is 8.48. The maximum atomic E-state index is 11.8. The Kier molecular flexibility index (Phi) is 9.05. The molecule has 0 fully saturated rings. The van der Waals surface area contributed by atoms with Crippen molar-refractivity contribution >= 4 is 28.0 Å². The van der Waals surface area contributed by atoms with Crippen molar-refractivity contribution < 1.29 is 46.9 Å². The molecular formula is C7H20ClO7P2Rh. The molecule has 0 N–H and O–H groups in total. The first-order valence-corrected chi connectivity index (χ1v) is 13.8. The number of hydrogen-bond acceptors (Lipinski definition) is 7. The maximum absolute atomic E-state index is 11.8. The Hall–Kier alpha value is 1.20. The van der Waals surface area contributed by atoms with Crippen molar-refractivity contribution in [3.63, 3.8) is 0 Å². The molecule has 0 spiro atoms. The van der Waals surface area contributed by atoms with E-state index in [1.165, 1.54) is 42.7 Å². The molecule has 116 valence electrons. The van der Waals surface area contributed by atoms with Gasteiger partial charge in [0.05, 0.1) is 0 Å². The third-order valence-electron chi connectivity index (χ3n) is 1.95. The van der Waals surface area contributed by atoms with Crippen LogP contribution in [-0.4, -0.2) is 46.5 Å². The summed E-state index contributed by atoms with van der Waals surface area (Å²) >= 11 is 3.06. The zero-order valence-electron chi connectivity index (χ0n) is 11.1. The van der Waals surface area contributed by atoms with Crippen molar-refractivity contribution in [2.75, 3.05) is 42.7 Å². The van der Waals surface area contributed by atoms with Crippen LogP contribution in [0.4, 0.5) is 4.79 Å². The molecule has 7 nitrogen and oxygen atoms in total. The summed E-state index contributed by atoms with van der Waals surface area (Å²) in [5, 5.41) is 0. The first-order chi connectivity index (χ1) is 8.43. The van der Waals surface area contributed by atoms with Crippen molar-refractivity contribution in [3.05, 3.63) is 0 Å². The average Bonchev–Trinajstić information content (AvgIpc) is 2.40. The molecule has 11 heteroatoms. The number of carbonyl (C=O) groups is 1. The van der Waals surface area contributed by atoms with E-state index < -0.39 is 31.4 Å². The Labute approximate surface area is 117 Å². The number of hydrogen-bond donors (Lipinski definition) is 0. The van der Waals surface area contributed by atoms with Crippen molar-refractivity contribution in [3.8, 4) is 0 Å². The molecule has 0 bridgehead atoms. The number of carbonyl (C=O) groups excluding carboxylic acids is 1. The van der Waals surface area contributed by atoms with E-state index in [1.54, 1.807) is 0 Å². The monoisotopic (exact) mass is 416 g/mol. The van der Waals surface area contributed by atoms with Gasteiger partial charge in [-0.15, -0.1) is 0 Å². The van der Waals surface area contributed by atoms with Gasteiger partial charge in [-0.05, 0) is 0 Å². The molecule has 0 amide bonds. The van der Waals surface area contributed by atoms with Crippen molar-refractivity contribution in [2.45, 2.75) is 0 Å². The molecule has 0 saturated heterocycles. The average molecular weight is 417 g/mol. The molecular weight excluding hydrogens is 396 g/mol. The summed E-state index contributed by atoms with van der Waals surface area (Å²) in [6.07, 6.45) is -6.55. The Balaban J connectivity index is 5.73. The van der Waals surface area contributed by atoms with Gasteiger partial charge >= 0.3 is 118 Å². The Morgan fingerprint density at radius 2 is 1.00 bits per heavy atom. The molecule has 0 atom stereocenters. The van der Waals surface area contributed by atoms with Gasteiger partial charge in [-0.2, -0.15) is 0 Å². The molecule has 0 rings (SSSR count). The van der Waals surface area contributed by atoms with Gasteiger partial charge in [0.1, 0.15) is 0 Å². The van der Waals surface area contributed by atoms with E-state index in [2.05, 4.69) is 0 Å². The zero-order valence-corrected chi connectivity index (χ0v) is 15.5. The minimum atomic E-state index is -3.27. The van der Waals surface area contributed by atoms with Gasteiger partial charge in [-0.25, -0.2) is 0 Å². The van der Waals surface area contributed by atoms with E-state index in [-0.39, 0.29) is 0 Å². The van der Waals surface area contributed by atoms with Crippen LogP contribution in [-0.2, 0) is 42.1 Å². The second-order valence-electron chi connectivity index (χ2n) is 2.59. The van der Waals surface area contributed by atoms with Crippen LogP contribution in [0.15, 0.2) is 0 Å². The van der Waals surface area contributed by atoms with E-state index in [1.807, 2.05) is 0 Å². The van der Waals surface area contributed by atoms with Crippen LogP contribution < -0.4 is 0 Å². The standard InChI is InChI=1S/2C3H10O3P.CClO.Rh/c2*1-4-7(5-2)6-3;2-1-3;/h2*7H,1-3H3;;/q2*+1;;-2. The van der Waals surface area contributed by atoms with Crippen molar-refractivity contribution in [2.24, 2.45) is 0 Å². The molecule has 0 aliphatic rings. The SMILES string of the molecule is CO[PH](OC)(OC)[Rh]([C](=O)Cl)[PH](OC)(OC)OC. The molecule has 0 aromatic carbocycles. The summed E-state index contributed by atoms with van der Waals surface area (Å²) in [5.74, 6) is 0. The van der Waals surface area contributed by atoms with Crippen LogP contribution >= 0.6 is 24.2 Å².